The van der Waals surface area contributed by atoms with E-state index in [1.165, 1.54) is 6.33 Å². The van der Waals surface area contributed by atoms with Gasteiger partial charge in [-0.25, -0.2) is 14.8 Å². The molecular formula is C15H16N6O2. The van der Waals surface area contributed by atoms with Gasteiger partial charge in [0.2, 0.25) is 0 Å². The number of piperidine rings is 1. The average Bonchev–Trinajstić information content (AvgIpc) is 3.26. The van der Waals surface area contributed by atoms with E-state index in [1.807, 2.05) is 12.3 Å². The lowest BCUT2D eigenvalue weighted by atomic mass is 9.87. The maximum absolute atomic E-state index is 11.9. The van der Waals surface area contributed by atoms with E-state index in [9.17, 15) is 9.90 Å². The molecule has 1 saturated heterocycles. The average molecular weight is 312 g/mol. The number of hydrogen-bond donors (Lipinski definition) is 2. The molecule has 4 rings (SSSR count). The van der Waals surface area contributed by atoms with Crippen molar-refractivity contribution < 1.29 is 9.90 Å². The summed E-state index contributed by atoms with van der Waals surface area (Å²) in [5, 5.41) is 14.9. The molecule has 4 heterocycles. The summed E-state index contributed by atoms with van der Waals surface area (Å²) in [5.41, 5.74) is -0.193. The molecule has 0 saturated carbocycles. The number of rotatable bonds is 3. The SMILES string of the molecule is O=C(O)C1(n2cccn2)CCN(c2ncnc3[nH]ccc23)CC1. The number of aromatic amines is 1. The Labute approximate surface area is 131 Å². The first kappa shape index (κ1) is 13.7. The van der Waals surface area contributed by atoms with Gasteiger partial charge in [-0.3, -0.25) is 4.68 Å². The molecule has 0 unspecified atom stereocenters. The van der Waals surface area contributed by atoms with Gasteiger partial charge in [-0.15, -0.1) is 0 Å². The van der Waals surface area contributed by atoms with Gasteiger partial charge in [-0.2, -0.15) is 5.10 Å². The van der Waals surface area contributed by atoms with Crippen LogP contribution in [-0.2, 0) is 10.3 Å². The second-order valence-electron chi connectivity index (χ2n) is 5.71. The summed E-state index contributed by atoms with van der Waals surface area (Å²) >= 11 is 0. The Hall–Kier alpha value is -2.90. The van der Waals surface area contributed by atoms with Crippen molar-refractivity contribution in [1.29, 1.82) is 0 Å². The molecule has 1 aliphatic rings. The number of H-pyrrole nitrogens is 1. The van der Waals surface area contributed by atoms with E-state index in [0.717, 1.165) is 16.9 Å². The van der Waals surface area contributed by atoms with E-state index in [4.69, 9.17) is 0 Å². The summed E-state index contributed by atoms with van der Waals surface area (Å²) in [6.45, 7) is 1.20. The molecule has 0 aliphatic carbocycles. The number of carboxylic acid groups (broad SMARTS) is 1. The Bertz CT molecular complexity index is 833. The number of carbonyl (C=O) groups is 1. The molecule has 1 aliphatic heterocycles. The molecule has 0 amide bonds. The largest absolute Gasteiger partial charge is 0.479 e. The van der Waals surface area contributed by atoms with E-state index in [1.54, 1.807) is 23.1 Å². The van der Waals surface area contributed by atoms with Crippen molar-refractivity contribution in [2.75, 3.05) is 18.0 Å². The summed E-state index contributed by atoms with van der Waals surface area (Å²) in [7, 11) is 0. The number of nitrogens with zero attached hydrogens (tertiary/aromatic N) is 5. The van der Waals surface area contributed by atoms with Crippen LogP contribution in [0.1, 0.15) is 12.8 Å². The number of aromatic nitrogens is 5. The van der Waals surface area contributed by atoms with E-state index in [2.05, 4.69) is 25.0 Å². The van der Waals surface area contributed by atoms with Crippen molar-refractivity contribution in [2.45, 2.75) is 18.4 Å². The third kappa shape index (κ3) is 2.06. The van der Waals surface area contributed by atoms with Gasteiger partial charge >= 0.3 is 5.97 Å². The Balaban J connectivity index is 1.64. The fraction of sp³-hybridized carbons (Fsp3) is 0.333. The molecule has 0 atom stereocenters. The molecule has 23 heavy (non-hydrogen) atoms. The lowest BCUT2D eigenvalue weighted by Gasteiger charge is -2.39. The van der Waals surface area contributed by atoms with Crippen molar-refractivity contribution in [3.05, 3.63) is 37.1 Å². The van der Waals surface area contributed by atoms with Gasteiger partial charge in [-0.1, -0.05) is 0 Å². The van der Waals surface area contributed by atoms with Crippen LogP contribution in [0.3, 0.4) is 0 Å². The molecule has 0 bridgehead atoms. The van der Waals surface area contributed by atoms with Crippen molar-refractivity contribution in [3.8, 4) is 0 Å². The van der Waals surface area contributed by atoms with Crippen LogP contribution in [0.4, 0.5) is 5.82 Å². The predicted octanol–water partition coefficient (Wildman–Crippen LogP) is 1.23. The number of carboxylic acids is 1. The number of aliphatic carboxylic acids is 1. The van der Waals surface area contributed by atoms with Gasteiger partial charge in [0.1, 0.15) is 17.8 Å². The van der Waals surface area contributed by atoms with Crippen LogP contribution in [0.5, 0.6) is 0 Å². The fourth-order valence-corrected chi connectivity index (χ4v) is 3.26. The van der Waals surface area contributed by atoms with Gasteiger partial charge in [0, 0.05) is 44.5 Å². The molecule has 8 nitrogen and oxygen atoms in total. The highest BCUT2D eigenvalue weighted by atomic mass is 16.4. The summed E-state index contributed by atoms with van der Waals surface area (Å²) < 4.78 is 1.57. The van der Waals surface area contributed by atoms with Crippen LogP contribution >= 0.6 is 0 Å². The molecule has 1 fully saturated rings. The van der Waals surface area contributed by atoms with E-state index in [-0.39, 0.29) is 0 Å². The minimum absolute atomic E-state index is 0.472. The zero-order chi connectivity index (χ0) is 15.9. The maximum atomic E-state index is 11.9. The highest BCUT2D eigenvalue weighted by Gasteiger charge is 2.44. The third-order valence-corrected chi connectivity index (χ3v) is 4.56. The topological polar surface area (TPSA) is 99.9 Å². The lowest BCUT2D eigenvalue weighted by molar-refractivity contribution is -0.149. The van der Waals surface area contributed by atoms with Gasteiger partial charge in [-0.05, 0) is 12.1 Å². The summed E-state index contributed by atoms with van der Waals surface area (Å²) in [4.78, 5) is 25.6. The third-order valence-electron chi connectivity index (χ3n) is 4.56. The van der Waals surface area contributed by atoms with Crippen molar-refractivity contribution >= 4 is 22.8 Å². The molecule has 0 spiro atoms. The monoisotopic (exact) mass is 312 g/mol. The van der Waals surface area contributed by atoms with Crippen molar-refractivity contribution in [3.63, 3.8) is 0 Å². The summed E-state index contributed by atoms with van der Waals surface area (Å²) in [6.07, 6.45) is 7.64. The second-order valence-corrected chi connectivity index (χ2v) is 5.71. The number of hydrogen-bond acceptors (Lipinski definition) is 5. The molecule has 0 radical (unpaired) electrons. The van der Waals surface area contributed by atoms with Crippen LogP contribution in [0.15, 0.2) is 37.1 Å². The van der Waals surface area contributed by atoms with Crippen LogP contribution in [0.25, 0.3) is 11.0 Å². The van der Waals surface area contributed by atoms with Crippen LogP contribution < -0.4 is 4.90 Å². The number of nitrogens with one attached hydrogen (secondary N) is 1. The number of anilines is 1. The Morgan fingerprint density at radius 3 is 2.83 bits per heavy atom. The fourth-order valence-electron chi connectivity index (χ4n) is 3.26. The minimum Gasteiger partial charge on any atom is -0.479 e. The molecular weight excluding hydrogens is 296 g/mol. The van der Waals surface area contributed by atoms with Crippen LogP contribution in [0.2, 0.25) is 0 Å². The molecule has 8 heteroatoms. The van der Waals surface area contributed by atoms with Crippen LogP contribution in [-0.4, -0.2) is 48.9 Å². The van der Waals surface area contributed by atoms with Crippen molar-refractivity contribution in [1.82, 2.24) is 24.7 Å². The van der Waals surface area contributed by atoms with E-state index >= 15 is 0 Å². The normalized spacial score (nSPS) is 17.5. The molecule has 0 aromatic carbocycles. The first-order valence-corrected chi connectivity index (χ1v) is 7.47. The molecule has 118 valence electrons. The summed E-state index contributed by atoms with van der Waals surface area (Å²) in [6, 6.07) is 3.70. The smallest absolute Gasteiger partial charge is 0.331 e. The maximum Gasteiger partial charge on any atom is 0.331 e. The van der Waals surface area contributed by atoms with E-state index < -0.39 is 11.5 Å². The molecule has 2 N–H and O–H groups in total. The minimum atomic E-state index is -0.982. The number of fused-ring (bicyclic) bond motifs is 1. The van der Waals surface area contributed by atoms with Gasteiger partial charge in [0.05, 0.1) is 5.39 Å². The van der Waals surface area contributed by atoms with Gasteiger partial charge < -0.3 is 15.0 Å². The molecule has 3 aromatic rings. The second kappa shape index (κ2) is 5.08. The van der Waals surface area contributed by atoms with Gasteiger partial charge in [0.15, 0.2) is 5.54 Å². The van der Waals surface area contributed by atoms with Gasteiger partial charge in [0.25, 0.3) is 0 Å². The highest BCUT2D eigenvalue weighted by Crippen LogP contribution is 2.33. The predicted molar refractivity (Wildman–Crippen MR) is 83.2 cm³/mol. The Morgan fingerprint density at radius 1 is 1.30 bits per heavy atom. The highest BCUT2D eigenvalue weighted by molar-refractivity contribution is 5.87. The molecule has 3 aromatic heterocycles. The van der Waals surface area contributed by atoms with Crippen LogP contribution in [0, 0.1) is 0 Å². The van der Waals surface area contributed by atoms with E-state index in [0.29, 0.717) is 25.9 Å². The standard InChI is InChI=1S/C15H16N6O2/c22-14(23)15(21-7-1-5-19-21)3-8-20(9-4-15)13-11-2-6-16-12(11)17-10-18-13/h1-2,5-7,10H,3-4,8-9H2,(H,22,23)(H,16,17,18). The first-order chi connectivity index (χ1) is 11.2. The lowest BCUT2D eigenvalue weighted by Crippen LogP contribution is -2.51. The zero-order valence-electron chi connectivity index (χ0n) is 12.4. The first-order valence-electron chi connectivity index (χ1n) is 7.47. The quantitative estimate of drug-likeness (QED) is 0.754. The van der Waals surface area contributed by atoms with Crippen molar-refractivity contribution in [2.24, 2.45) is 0 Å². The summed E-state index contributed by atoms with van der Waals surface area (Å²) in [5.74, 6) is 0.00559. The zero-order valence-corrected chi connectivity index (χ0v) is 12.4. The Morgan fingerprint density at radius 2 is 2.13 bits per heavy atom. The Kier molecular flexibility index (Phi) is 3.03.